The molecule has 0 saturated carbocycles. The predicted molar refractivity (Wildman–Crippen MR) is 101 cm³/mol. The fraction of sp³-hybridized carbons (Fsp3) is 0.111. The first-order valence-corrected chi connectivity index (χ1v) is 8.86. The number of pyridine rings is 1. The normalized spacial score (nSPS) is 10.8. The lowest BCUT2D eigenvalue weighted by Gasteiger charge is -2.04. The number of carbonyl (C=O) groups is 1. The van der Waals surface area contributed by atoms with Crippen LogP contribution in [0.3, 0.4) is 0 Å². The number of oxazole rings is 1. The van der Waals surface area contributed by atoms with Crippen molar-refractivity contribution in [2.45, 2.75) is 6.92 Å². The highest BCUT2D eigenvalue weighted by Crippen LogP contribution is 2.38. The van der Waals surface area contributed by atoms with Crippen molar-refractivity contribution in [1.29, 1.82) is 0 Å². The van der Waals surface area contributed by atoms with Gasteiger partial charge in [0.15, 0.2) is 5.13 Å². The lowest BCUT2D eigenvalue weighted by atomic mass is 10.0. The lowest BCUT2D eigenvalue weighted by molar-refractivity contribution is 0.252. The molecule has 4 aromatic rings. The van der Waals surface area contributed by atoms with Crippen molar-refractivity contribution in [1.82, 2.24) is 20.3 Å². The van der Waals surface area contributed by atoms with E-state index in [1.165, 1.54) is 17.6 Å². The van der Waals surface area contributed by atoms with Gasteiger partial charge in [-0.2, -0.15) is 0 Å². The Labute approximate surface area is 153 Å². The Morgan fingerprint density at radius 1 is 1.27 bits per heavy atom. The largest absolute Gasteiger partial charge is 0.444 e. The van der Waals surface area contributed by atoms with Gasteiger partial charge in [0.1, 0.15) is 6.26 Å². The van der Waals surface area contributed by atoms with Gasteiger partial charge in [0, 0.05) is 24.5 Å². The third-order valence-corrected chi connectivity index (χ3v) is 4.73. The van der Waals surface area contributed by atoms with Crippen LogP contribution in [0.5, 0.6) is 0 Å². The maximum Gasteiger partial charge on any atom is 0.321 e. The number of fused-ring (bicyclic) bond motifs is 1. The van der Waals surface area contributed by atoms with E-state index in [2.05, 4.69) is 25.6 Å². The fourth-order valence-electron chi connectivity index (χ4n) is 2.60. The first-order chi connectivity index (χ1) is 12.7. The number of anilines is 1. The van der Waals surface area contributed by atoms with Crippen molar-refractivity contribution in [3.05, 3.63) is 49.1 Å². The van der Waals surface area contributed by atoms with E-state index in [0.29, 0.717) is 17.6 Å². The molecule has 130 valence electrons. The van der Waals surface area contributed by atoms with Crippen LogP contribution in [0.1, 0.15) is 6.92 Å². The number of benzene rings is 1. The molecule has 1 aromatic carbocycles. The number of thiazole rings is 1. The average molecular weight is 365 g/mol. The minimum absolute atomic E-state index is 0.281. The van der Waals surface area contributed by atoms with Crippen molar-refractivity contribution in [2.24, 2.45) is 0 Å². The van der Waals surface area contributed by atoms with Crippen molar-refractivity contribution in [2.75, 3.05) is 11.9 Å². The highest BCUT2D eigenvalue weighted by atomic mass is 32.1. The Morgan fingerprint density at radius 2 is 2.19 bits per heavy atom. The number of nitrogens with zero attached hydrogens (tertiary/aromatic N) is 3. The fourth-order valence-corrected chi connectivity index (χ4v) is 3.55. The molecule has 3 aromatic heterocycles. The number of carbonyl (C=O) groups excluding carboxylic acids is 1. The summed E-state index contributed by atoms with van der Waals surface area (Å²) in [5.41, 5.74) is 3.51. The van der Waals surface area contributed by atoms with E-state index in [1.807, 2.05) is 31.2 Å². The summed E-state index contributed by atoms with van der Waals surface area (Å²) in [5, 5.41) is 5.97. The molecule has 7 nitrogen and oxygen atoms in total. The third kappa shape index (κ3) is 3.14. The molecule has 4 rings (SSSR count). The summed E-state index contributed by atoms with van der Waals surface area (Å²) in [4.78, 5) is 24.8. The monoisotopic (exact) mass is 365 g/mol. The van der Waals surface area contributed by atoms with Crippen molar-refractivity contribution < 1.29 is 9.21 Å². The molecular formula is C18H15N5O2S. The van der Waals surface area contributed by atoms with E-state index in [-0.39, 0.29) is 6.03 Å². The highest BCUT2D eigenvalue weighted by Gasteiger charge is 2.16. The number of hydrogen-bond acceptors (Lipinski definition) is 6. The maximum atomic E-state index is 11.8. The molecule has 2 N–H and O–H groups in total. The molecule has 26 heavy (non-hydrogen) atoms. The minimum atomic E-state index is -0.281. The molecule has 0 aliphatic heterocycles. The van der Waals surface area contributed by atoms with Crippen LogP contribution in [0.4, 0.5) is 9.93 Å². The van der Waals surface area contributed by atoms with Crippen LogP contribution >= 0.6 is 11.3 Å². The second kappa shape index (κ2) is 6.93. The summed E-state index contributed by atoms with van der Waals surface area (Å²) in [6.07, 6.45) is 6.66. The molecule has 0 atom stereocenters. The molecule has 0 aliphatic carbocycles. The van der Waals surface area contributed by atoms with Gasteiger partial charge < -0.3 is 9.73 Å². The van der Waals surface area contributed by atoms with E-state index in [4.69, 9.17) is 4.42 Å². The predicted octanol–water partition coefficient (Wildman–Crippen LogP) is 4.15. The van der Waals surface area contributed by atoms with E-state index >= 15 is 0 Å². The van der Waals surface area contributed by atoms with Crippen LogP contribution < -0.4 is 10.6 Å². The van der Waals surface area contributed by atoms with E-state index in [9.17, 15) is 4.79 Å². The zero-order chi connectivity index (χ0) is 17.9. The van der Waals surface area contributed by atoms with Crippen LogP contribution in [0.25, 0.3) is 32.8 Å². The quantitative estimate of drug-likeness (QED) is 0.566. The summed E-state index contributed by atoms with van der Waals surface area (Å²) >= 11 is 1.38. The van der Waals surface area contributed by atoms with E-state index < -0.39 is 0 Å². The molecule has 0 spiro atoms. The van der Waals surface area contributed by atoms with Gasteiger partial charge in [-0.05, 0) is 30.7 Å². The number of hydrogen-bond donors (Lipinski definition) is 2. The summed E-state index contributed by atoms with van der Waals surface area (Å²) < 4.78 is 6.40. The number of rotatable bonds is 4. The lowest BCUT2D eigenvalue weighted by Crippen LogP contribution is -2.28. The first kappa shape index (κ1) is 16.2. The number of urea groups is 1. The molecule has 0 saturated heterocycles. The van der Waals surface area contributed by atoms with Gasteiger partial charge >= 0.3 is 6.03 Å². The minimum Gasteiger partial charge on any atom is -0.444 e. The van der Waals surface area contributed by atoms with Crippen LogP contribution in [-0.2, 0) is 0 Å². The van der Waals surface area contributed by atoms with Gasteiger partial charge in [-0.15, -0.1) is 0 Å². The van der Waals surface area contributed by atoms with Crippen LogP contribution in [0.2, 0.25) is 0 Å². The Hall–Kier alpha value is -3.26. The Balaban J connectivity index is 1.85. The van der Waals surface area contributed by atoms with Gasteiger partial charge in [-0.1, -0.05) is 17.4 Å². The topological polar surface area (TPSA) is 92.9 Å². The third-order valence-electron chi connectivity index (χ3n) is 3.71. The molecule has 0 bridgehead atoms. The van der Waals surface area contributed by atoms with Crippen LogP contribution in [0.15, 0.2) is 53.5 Å². The molecule has 0 unspecified atom stereocenters. The maximum absolute atomic E-state index is 11.8. The zero-order valence-electron chi connectivity index (χ0n) is 13.9. The first-order valence-electron chi connectivity index (χ1n) is 8.04. The molecular weight excluding hydrogens is 350 g/mol. The van der Waals surface area contributed by atoms with Gasteiger partial charge in [-0.3, -0.25) is 10.3 Å². The summed E-state index contributed by atoms with van der Waals surface area (Å²) in [6, 6.07) is 7.55. The van der Waals surface area contributed by atoms with Gasteiger partial charge in [0.2, 0.25) is 5.89 Å². The molecule has 0 aliphatic rings. The number of aromatic nitrogens is 3. The SMILES string of the molecule is CCNC(=O)Nc1nc2cc(-c3cccnc3)cc(-c3ncco3)c2s1. The van der Waals surface area contributed by atoms with Crippen molar-refractivity contribution >= 4 is 32.7 Å². The van der Waals surface area contributed by atoms with Crippen LogP contribution in [-0.4, -0.2) is 27.5 Å². The number of nitrogens with one attached hydrogen (secondary N) is 2. The Morgan fingerprint density at radius 3 is 2.92 bits per heavy atom. The zero-order valence-corrected chi connectivity index (χ0v) is 14.7. The van der Waals surface area contributed by atoms with E-state index in [0.717, 1.165) is 26.9 Å². The molecule has 3 heterocycles. The molecule has 8 heteroatoms. The number of amides is 2. The van der Waals surface area contributed by atoms with E-state index in [1.54, 1.807) is 18.6 Å². The summed E-state index contributed by atoms with van der Waals surface area (Å²) in [7, 11) is 0. The Kier molecular flexibility index (Phi) is 4.32. The highest BCUT2D eigenvalue weighted by molar-refractivity contribution is 7.22. The Bertz CT molecular complexity index is 1040. The summed E-state index contributed by atoms with van der Waals surface area (Å²) in [6.45, 7) is 2.40. The van der Waals surface area contributed by atoms with Crippen molar-refractivity contribution in [3.8, 4) is 22.6 Å². The van der Waals surface area contributed by atoms with Gasteiger partial charge in [0.25, 0.3) is 0 Å². The van der Waals surface area contributed by atoms with Gasteiger partial charge in [0.05, 0.1) is 22.0 Å². The average Bonchev–Trinajstić information content (AvgIpc) is 3.31. The second-order valence-electron chi connectivity index (χ2n) is 5.45. The summed E-state index contributed by atoms with van der Waals surface area (Å²) in [5.74, 6) is 0.508. The van der Waals surface area contributed by atoms with Crippen molar-refractivity contribution in [3.63, 3.8) is 0 Å². The molecule has 0 radical (unpaired) electrons. The molecule has 0 fully saturated rings. The smallest absolute Gasteiger partial charge is 0.321 e. The standard InChI is InChI=1S/C18H15N5O2S/c1-2-20-17(24)23-18-22-14-9-12(11-4-3-5-19-10-11)8-13(15(14)26-18)16-21-6-7-25-16/h3-10H,2H2,1H3,(H2,20,22,23,24). The van der Waals surface area contributed by atoms with Gasteiger partial charge in [-0.25, -0.2) is 14.8 Å². The molecule has 2 amide bonds. The second-order valence-corrected chi connectivity index (χ2v) is 6.45. The van der Waals surface area contributed by atoms with Crippen LogP contribution in [0, 0.1) is 0 Å².